The molecule has 0 saturated heterocycles. The van der Waals surface area contributed by atoms with E-state index in [4.69, 9.17) is 0 Å². The van der Waals surface area contributed by atoms with Gasteiger partial charge in [0.05, 0.1) is 46.5 Å². The van der Waals surface area contributed by atoms with Gasteiger partial charge in [-0.25, -0.2) is 0 Å². The number of nitriles is 4. The number of hydrogen-bond acceptors (Lipinski definition) is 5. The lowest BCUT2D eigenvalue weighted by molar-refractivity contribution is 1.27. The minimum atomic E-state index is 0.394. The largest absolute Gasteiger partial charge is 0.310 e. The summed E-state index contributed by atoms with van der Waals surface area (Å²) in [7, 11) is 0. The van der Waals surface area contributed by atoms with Crippen LogP contribution in [0.15, 0.2) is 140 Å². The lowest BCUT2D eigenvalue weighted by Crippen LogP contribution is -2.10. The first-order valence-corrected chi connectivity index (χ1v) is 14.9. The van der Waals surface area contributed by atoms with Crippen molar-refractivity contribution in [3.8, 4) is 46.5 Å². The first-order chi connectivity index (χ1) is 23.1. The third-order valence-electron chi connectivity index (χ3n) is 8.40. The lowest BCUT2D eigenvalue weighted by Gasteiger charge is -2.26. The molecule has 0 N–H and O–H groups in total. The molecule has 5 heteroatoms. The molecule has 0 aliphatic heterocycles. The Labute approximate surface area is 272 Å². The van der Waals surface area contributed by atoms with Crippen LogP contribution in [0.3, 0.4) is 0 Å². The number of benzene rings is 7. The SMILES string of the molecule is N#Cc1cc(C#N)cc(N(c2ccc(-c3ccc(C#N)c4ccccc34)cc2)c2ccc(-c3ccc(C#N)c4ccccc34)cc2)c1. The Morgan fingerprint density at radius 2 is 0.766 bits per heavy atom. The van der Waals surface area contributed by atoms with Gasteiger partial charge in [0.1, 0.15) is 0 Å². The maximum Gasteiger partial charge on any atom is 0.0998 e. The summed E-state index contributed by atoms with van der Waals surface area (Å²) in [6.45, 7) is 0. The number of nitrogens with zero attached hydrogens (tertiary/aromatic N) is 5. The highest BCUT2D eigenvalue weighted by Crippen LogP contribution is 2.39. The quantitative estimate of drug-likeness (QED) is 0.197. The Kier molecular flexibility index (Phi) is 7.34. The topological polar surface area (TPSA) is 98.4 Å². The molecular formula is C42H23N5. The van der Waals surface area contributed by atoms with E-state index in [1.807, 2.05) is 126 Å². The minimum absolute atomic E-state index is 0.394. The molecule has 0 atom stereocenters. The normalized spacial score (nSPS) is 10.5. The van der Waals surface area contributed by atoms with Gasteiger partial charge in [-0.2, -0.15) is 21.0 Å². The number of fused-ring (bicyclic) bond motifs is 2. The van der Waals surface area contributed by atoms with Gasteiger partial charge in [-0.1, -0.05) is 84.9 Å². The van der Waals surface area contributed by atoms with Crippen molar-refractivity contribution in [3.63, 3.8) is 0 Å². The fourth-order valence-electron chi connectivity index (χ4n) is 6.19. The van der Waals surface area contributed by atoms with Gasteiger partial charge in [-0.15, -0.1) is 0 Å². The predicted molar refractivity (Wildman–Crippen MR) is 186 cm³/mol. The first-order valence-electron chi connectivity index (χ1n) is 14.9. The Hall–Kier alpha value is -7.18. The molecule has 0 spiro atoms. The maximum atomic E-state index is 9.76. The molecule has 0 saturated carbocycles. The Morgan fingerprint density at radius 3 is 1.15 bits per heavy atom. The van der Waals surface area contributed by atoms with Crippen LogP contribution in [0.4, 0.5) is 17.1 Å². The summed E-state index contributed by atoms with van der Waals surface area (Å²) in [6.07, 6.45) is 0. The summed E-state index contributed by atoms with van der Waals surface area (Å²) in [5.74, 6) is 0. The van der Waals surface area contributed by atoms with Crippen LogP contribution >= 0.6 is 0 Å². The maximum absolute atomic E-state index is 9.76. The third kappa shape index (κ3) is 5.18. The van der Waals surface area contributed by atoms with E-state index in [9.17, 15) is 21.0 Å². The molecule has 0 unspecified atom stereocenters. The highest BCUT2D eigenvalue weighted by Gasteiger charge is 2.17. The molecule has 7 aromatic carbocycles. The van der Waals surface area contributed by atoms with E-state index in [0.29, 0.717) is 27.9 Å². The molecule has 216 valence electrons. The van der Waals surface area contributed by atoms with Gasteiger partial charge in [-0.3, -0.25) is 0 Å². The summed E-state index contributed by atoms with van der Waals surface area (Å²) >= 11 is 0. The molecule has 0 aromatic heterocycles. The lowest BCUT2D eigenvalue weighted by atomic mass is 9.95. The summed E-state index contributed by atoms with van der Waals surface area (Å²) < 4.78 is 0. The molecule has 0 aliphatic rings. The molecule has 0 heterocycles. The van der Waals surface area contributed by atoms with E-state index in [2.05, 4.69) is 24.3 Å². The van der Waals surface area contributed by atoms with Crippen molar-refractivity contribution in [1.82, 2.24) is 0 Å². The summed E-state index contributed by atoms with van der Waals surface area (Å²) in [5, 5.41) is 42.6. The van der Waals surface area contributed by atoms with Crippen LogP contribution in [0.2, 0.25) is 0 Å². The molecule has 7 aromatic rings. The van der Waals surface area contributed by atoms with E-state index >= 15 is 0 Å². The first kappa shape index (κ1) is 28.6. The van der Waals surface area contributed by atoms with Crippen molar-refractivity contribution < 1.29 is 0 Å². The van der Waals surface area contributed by atoms with E-state index in [1.165, 1.54) is 0 Å². The van der Waals surface area contributed by atoms with E-state index < -0.39 is 0 Å². The Morgan fingerprint density at radius 1 is 0.362 bits per heavy atom. The molecular weight excluding hydrogens is 574 g/mol. The number of hydrogen-bond donors (Lipinski definition) is 0. The van der Waals surface area contributed by atoms with Crippen molar-refractivity contribution in [2.75, 3.05) is 4.90 Å². The van der Waals surface area contributed by atoms with Crippen molar-refractivity contribution in [2.45, 2.75) is 0 Å². The van der Waals surface area contributed by atoms with Gasteiger partial charge in [-0.05, 0) is 87.6 Å². The highest BCUT2D eigenvalue weighted by molar-refractivity contribution is 6.01. The minimum Gasteiger partial charge on any atom is -0.310 e. The van der Waals surface area contributed by atoms with Gasteiger partial charge in [0.15, 0.2) is 0 Å². The van der Waals surface area contributed by atoms with Gasteiger partial charge in [0.2, 0.25) is 0 Å². The molecule has 0 aliphatic carbocycles. The van der Waals surface area contributed by atoms with Gasteiger partial charge in [0, 0.05) is 27.8 Å². The van der Waals surface area contributed by atoms with Crippen molar-refractivity contribution in [3.05, 3.63) is 162 Å². The second kappa shape index (κ2) is 12.1. The third-order valence-corrected chi connectivity index (χ3v) is 8.40. The van der Waals surface area contributed by atoms with Crippen LogP contribution in [-0.4, -0.2) is 0 Å². The molecule has 47 heavy (non-hydrogen) atoms. The fourth-order valence-corrected chi connectivity index (χ4v) is 6.19. The molecule has 5 nitrogen and oxygen atoms in total. The van der Waals surface area contributed by atoms with Gasteiger partial charge < -0.3 is 4.90 Å². The van der Waals surface area contributed by atoms with Crippen LogP contribution in [0.25, 0.3) is 43.8 Å². The monoisotopic (exact) mass is 597 g/mol. The zero-order valence-electron chi connectivity index (χ0n) is 25.0. The van der Waals surface area contributed by atoms with Crippen molar-refractivity contribution in [1.29, 1.82) is 21.0 Å². The smallest absolute Gasteiger partial charge is 0.0998 e. The van der Waals surface area contributed by atoms with Crippen molar-refractivity contribution in [2.24, 2.45) is 0 Å². The zero-order valence-corrected chi connectivity index (χ0v) is 25.0. The zero-order chi connectivity index (χ0) is 32.3. The average molecular weight is 598 g/mol. The Bertz CT molecular complexity index is 2330. The van der Waals surface area contributed by atoms with Crippen LogP contribution < -0.4 is 4.90 Å². The van der Waals surface area contributed by atoms with Crippen LogP contribution in [0, 0.1) is 45.3 Å². The van der Waals surface area contributed by atoms with Crippen molar-refractivity contribution >= 4 is 38.6 Å². The van der Waals surface area contributed by atoms with Crippen LogP contribution in [-0.2, 0) is 0 Å². The van der Waals surface area contributed by atoms with Crippen LogP contribution in [0.1, 0.15) is 22.3 Å². The Balaban J connectivity index is 1.34. The second-order valence-electron chi connectivity index (χ2n) is 11.1. The molecule has 7 rings (SSSR count). The summed E-state index contributed by atoms with van der Waals surface area (Å²) in [5.41, 5.74) is 8.49. The van der Waals surface area contributed by atoms with Gasteiger partial charge in [0.25, 0.3) is 0 Å². The summed E-state index contributed by atoms with van der Waals surface area (Å²) in [6, 6.07) is 53.9. The van der Waals surface area contributed by atoms with E-state index in [1.54, 1.807) is 18.2 Å². The number of anilines is 3. The van der Waals surface area contributed by atoms with E-state index in [0.717, 1.165) is 55.2 Å². The second-order valence-corrected chi connectivity index (χ2v) is 11.1. The van der Waals surface area contributed by atoms with Gasteiger partial charge >= 0.3 is 0 Å². The highest BCUT2D eigenvalue weighted by atomic mass is 15.1. The predicted octanol–water partition coefficient (Wildman–Crippen LogP) is 10.3. The molecule has 0 amide bonds. The van der Waals surface area contributed by atoms with Crippen LogP contribution in [0.5, 0.6) is 0 Å². The molecule has 0 fully saturated rings. The number of rotatable bonds is 5. The molecule has 0 bridgehead atoms. The summed E-state index contributed by atoms with van der Waals surface area (Å²) in [4.78, 5) is 2.03. The standard InChI is InChI=1S/C42H23N5/c43-24-28-21-29(25-44)23-36(22-28)47(34-15-9-30(10-16-34)39-19-13-32(26-45)37-5-1-3-7-41(37)39)35-17-11-31(12-18-35)40-20-14-33(27-46)38-6-2-4-8-42(38)40/h1-23H. The fraction of sp³-hybridized carbons (Fsp3) is 0. The average Bonchev–Trinajstić information content (AvgIpc) is 3.14. The molecule has 0 radical (unpaired) electrons. The van der Waals surface area contributed by atoms with E-state index in [-0.39, 0.29) is 0 Å².